The number of nitrogens with two attached hydrogens (primary N) is 1. The van der Waals surface area contributed by atoms with Crippen LogP contribution < -0.4 is 5.73 Å². The van der Waals surface area contributed by atoms with Gasteiger partial charge in [-0.15, -0.1) is 0 Å². The molecule has 40 heavy (non-hydrogen) atoms. The van der Waals surface area contributed by atoms with Gasteiger partial charge in [0.15, 0.2) is 7.11 Å². The lowest BCUT2D eigenvalue weighted by Gasteiger charge is -2.31. The number of aromatic hydroxyl groups is 1. The number of primary amides is 1. The van der Waals surface area contributed by atoms with Crippen molar-refractivity contribution in [1.82, 2.24) is 14.9 Å². The molecule has 1 aliphatic heterocycles. The molecular formula is C31H47N4O5+. The molecule has 5 N–H and O–H groups in total. The molecule has 0 spiro atoms. The molecule has 0 radical (unpaired) electrons. The molecule has 4 atom stereocenters. The first-order valence-electron chi connectivity index (χ1n) is 13.9. The smallest absolute Gasteiger partial charge is 0.259 e. The third-order valence-electron chi connectivity index (χ3n) is 7.11. The second-order valence-electron chi connectivity index (χ2n) is 11.2. The van der Waals surface area contributed by atoms with Crippen molar-refractivity contribution >= 4 is 5.91 Å². The predicted octanol–water partition coefficient (Wildman–Crippen LogP) is 2.62. The lowest BCUT2D eigenvalue weighted by molar-refractivity contribution is -0.180. The zero-order valence-corrected chi connectivity index (χ0v) is 24.7. The van der Waals surface area contributed by atoms with E-state index in [9.17, 15) is 15.0 Å². The first-order valence-corrected chi connectivity index (χ1v) is 13.9. The first kappa shape index (κ1) is 31.6. The fraction of sp³-hybridized carbons (Fsp3) is 0.516. The Balaban J connectivity index is 1.91. The molecular weight excluding hydrogens is 508 g/mol. The highest BCUT2D eigenvalue weighted by Crippen LogP contribution is 2.32. The number of hydrogen-bond donors (Lipinski definition) is 3. The number of para-hydroxylation sites is 1. The Morgan fingerprint density at radius 1 is 1.12 bits per heavy atom. The van der Waals surface area contributed by atoms with Crippen LogP contribution in [-0.4, -0.2) is 88.3 Å². The molecule has 220 valence electrons. The first-order chi connectivity index (χ1) is 19.0. The maximum atomic E-state index is 12.4. The monoisotopic (exact) mass is 555 g/mol. The normalized spacial score (nSPS) is 20.8. The molecule has 9 nitrogen and oxygen atoms in total. The van der Waals surface area contributed by atoms with Crippen LogP contribution in [0.15, 0.2) is 60.3 Å². The minimum atomic E-state index is -0.861. The van der Waals surface area contributed by atoms with Crippen LogP contribution in [0.25, 0.3) is 0 Å². The number of carbonyl (C=O) groups excluding carboxylic acids is 1. The van der Waals surface area contributed by atoms with E-state index >= 15 is 0 Å². The predicted molar refractivity (Wildman–Crippen MR) is 157 cm³/mol. The Labute approximate surface area is 238 Å². The van der Waals surface area contributed by atoms with Gasteiger partial charge in [0.05, 0.1) is 31.4 Å². The zero-order chi connectivity index (χ0) is 29.4. The number of nitrogens with zero attached hydrogens (tertiary/aromatic N) is 3. The number of rotatable bonds is 14. The second-order valence-corrected chi connectivity index (χ2v) is 11.2. The number of amides is 1. The van der Waals surface area contributed by atoms with Crippen molar-refractivity contribution in [3.63, 3.8) is 0 Å². The Bertz CT molecular complexity index is 1140. The molecule has 1 amide bonds. The summed E-state index contributed by atoms with van der Waals surface area (Å²) in [5.74, 6) is 0.162. The standard InChI is InChI=1S/C31H46N4O5/c1-21(2)14-26(19-33(4)5)34(18-25-12-7-8-13-27(25)39-6)16-23-10-9-11-24(15-23)17-35-30(31(32)38)29(22(3)37)28(20-36)40-35/h7-15,21-22,28-30,36-37H,16-20H2,1-6H3,(H2,32,38)/p+1/b26-14-/t22-,28-,29+,30-/m0/s1. The van der Waals surface area contributed by atoms with E-state index in [2.05, 4.69) is 66.8 Å². The molecule has 1 aliphatic rings. The lowest BCUT2D eigenvalue weighted by atomic mass is 9.89. The van der Waals surface area contributed by atoms with Crippen LogP contribution in [0, 0.1) is 11.8 Å². The number of aliphatic hydroxyl groups is 3. The minimum absolute atomic E-state index is 0.297. The minimum Gasteiger partial charge on any atom is -0.584 e. The van der Waals surface area contributed by atoms with Crippen LogP contribution >= 0.6 is 0 Å². The summed E-state index contributed by atoms with van der Waals surface area (Å²) in [4.78, 5) is 22.8. The fourth-order valence-corrected chi connectivity index (χ4v) is 5.42. The average Bonchev–Trinajstić information content (AvgIpc) is 3.26. The van der Waals surface area contributed by atoms with Crippen molar-refractivity contribution in [2.45, 2.75) is 58.7 Å². The Morgan fingerprint density at radius 2 is 1.82 bits per heavy atom. The zero-order valence-electron chi connectivity index (χ0n) is 24.7. The van der Waals surface area contributed by atoms with Crippen molar-refractivity contribution in [2.24, 2.45) is 17.6 Å². The second kappa shape index (κ2) is 14.6. The van der Waals surface area contributed by atoms with Gasteiger partial charge >= 0.3 is 0 Å². The summed E-state index contributed by atoms with van der Waals surface area (Å²) in [6.45, 7) is 8.13. The summed E-state index contributed by atoms with van der Waals surface area (Å²) in [5, 5.41) is 21.6. The van der Waals surface area contributed by atoms with Crippen molar-refractivity contribution in [1.29, 1.82) is 0 Å². The molecule has 1 heterocycles. The number of likely N-dealkylation sites (N-methyl/N-ethyl adjacent to an activating group) is 1. The van der Waals surface area contributed by atoms with Crippen LogP contribution in [0.1, 0.15) is 37.5 Å². The van der Waals surface area contributed by atoms with E-state index in [1.54, 1.807) is 6.92 Å². The van der Waals surface area contributed by atoms with Gasteiger partial charge in [-0.1, -0.05) is 56.3 Å². The number of hydroxylamine groups is 2. The van der Waals surface area contributed by atoms with Gasteiger partial charge in [0, 0.05) is 30.8 Å². The van der Waals surface area contributed by atoms with E-state index in [0.29, 0.717) is 25.6 Å². The van der Waals surface area contributed by atoms with Gasteiger partial charge in [-0.05, 0) is 44.1 Å². The van der Waals surface area contributed by atoms with Gasteiger partial charge in [-0.3, -0.25) is 9.63 Å². The van der Waals surface area contributed by atoms with Gasteiger partial charge in [0.2, 0.25) is 5.91 Å². The number of benzene rings is 2. The molecule has 0 unspecified atom stereocenters. The largest absolute Gasteiger partial charge is 0.584 e. The molecule has 1 fully saturated rings. The van der Waals surface area contributed by atoms with E-state index in [1.807, 2.05) is 37.4 Å². The summed E-state index contributed by atoms with van der Waals surface area (Å²) in [5.41, 5.74) is 10.2. The van der Waals surface area contributed by atoms with E-state index in [1.165, 1.54) is 10.8 Å². The average molecular weight is 556 g/mol. The van der Waals surface area contributed by atoms with Crippen LogP contribution in [0.4, 0.5) is 0 Å². The SMILES string of the molecule is C[OH+]c1ccccc1CN(Cc1cccc(CN2O[C@@H](CO)[C@@H]([C@H](C)O)[C@H]2C(N)=O)c1)/C(=C\C(C)C)CN(C)C. The summed E-state index contributed by atoms with van der Waals surface area (Å²) < 4.78 is 4.49. The molecule has 0 saturated carbocycles. The molecule has 9 heteroatoms. The molecule has 2 aromatic rings. The molecule has 0 aliphatic carbocycles. The van der Waals surface area contributed by atoms with Crippen molar-refractivity contribution < 1.29 is 24.6 Å². The third-order valence-corrected chi connectivity index (χ3v) is 7.11. The fourth-order valence-electron chi connectivity index (χ4n) is 5.42. The summed E-state index contributed by atoms with van der Waals surface area (Å²) in [7, 11) is 5.97. The summed E-state index contributed by atoms with van der Waals surface area (Å²) >= 11 is 0. The van der Waals surface area contributed by atoms with E-state index < -0.39 is 30.1 Å². The van der Waals surface area contributed by atoms with Gasteiger partial charge in [-0.2, -0.15) is 5.06 Å². The van der Waals surface area contributed by atoms with Crippen LogP contribution in [0.3, 0.4) is 0 Å². The molecule has 0 bridgehead atoms. The highest BCUT2D eigenvalue weighted by Gasteiger charge is 2.48. The van der Waals surface area contributed by atoms with Crippen molar-refractivity contribution in [3.05, 3.63) is 77.0 Å². The third kappa shape index (κ3) is 8.28. The molecule has 2 aromatic carbocycles. The maximum Gasteiger partial charge on any atom is 0.259 e. The molecule has 0 aromatic heterocycles. The lowest BCUT2D eigenvalue weighted by Crippen LogP contribution is -2.47. The van der Waals surface area contributed by atoms with Gasteiger partial charge in [0.25, 0.3) is 5.75 Å². The summed E-state index contributed by atoms with van der Waals surface area (Å²) in [6.07, 6.45) is 0.756. The van der Waals surface area contributed by atoms with Gasteiger partial charge < -0.3 is 30.5 Å². The van der Waals surface area contributed by atoms with Crippen molar-refractivity contribution in [2.75, 3.05) is 34.4 Å². The van der Waals surface area contributed by atoms with E-state index in [4.69, 9.17) is 10.6 Å². The van der Waals surface area contributed by atoms with Crippen LogP contribution in [0.2, 0.25) is 0 Å². The van der Waals surface area contributed by atoms with Crippen LogP contribution in [-0.2, 0) is 29.3 Å². The number of carbonyl (C=O) groups is 1. The maximum absolute atomic E-state index is 12.4. The number of allylic oxidation sites excluding steroid dienone is 1. The highest BCUT2D eigenvalue weighted by atomic mass is 16.7. The topological polar surface area (TPSA) is 115 Å². The molecule has 1 saturated heterocycles. The van der Waals surface area contributed by atoms with E-state index in [-0.39, 0.29) is 6.61 Å². The Morgan fingerprint density at radius 3 is 2.42 bits per heavy atom. The Hall–Kier alpha value is -2.95. The number of hydrogen-bond acceptors (Lipinski definition) is 7. The quantitative estimate of drug-likeness (QED) is 0.307. The van der Waals surface area contributed by atoms with Crippen LogP contribution in [0.5, 0.6) is 5.75 Å². The van der Waals surface area contributed by atoms with Gasteiger partial charge in [0.1, 0.15) is 12.1 Å². The number of aliphatic hydroxyl groups excluding tert-OH is 2. The Kier molecular flexibility index (Phi) is 11.5. The molecule has 3 rings (SSSR count). The van der Waals surface area contributed by atoms with Crippen molar-refractivity contribution in [3.8, 4) is 5.75 Å². The highest BCUT2D eigenvalue weighted by molar-refractivity contribution is 5.80. The van der Waals surface area contributed by atoms with Gasteiger partial charge in [-0.25, -0.2) is 0 Å². The number of ether oxygens (including phenoxy) is 1. The van der Waals surface area contributed by atoms with E-state index in [0.717, 1.165) is 29.0 Å². The summed E-state index contributed by atoms with van der Waals surface area (Å²) in [6, 6.07) is 15.6.